The molecule has 20 heavy (non-hydrogen) atoms. The summed E-state index contributed by atoms with van der Waals surface area (Å²) in [6.07, 6.45) is 7.78. The van der Waals surface area contributed by atoms with Gasteiger partial charge in [-0.15, -0.1) is 0 Å². The summed E-state index contributed by atoms with van der Waals surface area (Å²) in [5.41, 5.74) is 1.39. The maximum atomic E-state index is 5.85. The van der Waals surface area contributed by atoms with Gasteiger partial charge in [-0.05, 0) is 62.8 Å². The Labute approximate surface area is 131 Å². The molecule has 0 bridgehead atoms. The van der Waals surface area contributed by atoms with Crippen LogP contribution in [0.2, 0.25) is 0 Å². The number of benzene rings is 1. The molecule has 1 N–H and O–H groups in total. The van der Waals surface area contributed by atoms with Crippen molar-refractivity contribution in [2.24, 2.45) is 0 Å². The number of hydrogen-bond acceptors (Lipinski definition) is 2. The molecule has 1 aromatic carbocycles. The fourth-order valence-corrected chi connectivity index (χ4v) is 3.05. The highest BCUT2D eigenvalue weighted by Crippen LogP contribution is 2.25. The topological polar surface area (TPSA) is 21.3 Å². The summed E-state index contributed by atoms with van der Waals surface area (Å²) in [5, 5.41) is 3.67. The van der Waals surface area contributed by atoms with Crippen LogP contribution < -0.4 is 5.32 Å². The van der Waals surface area contributed by atoms with Crippen molar-refractivity contribution in [3.63, 3.8) is 0 Å². The van der Waals surface area contributed by atoms with Crippen molar-refractivity contribution >= 4 is 15.9 Å². The van der Waals surface area contributed by atoms with E-state index in [1.165, 1.54) is 31.2 Å². The van der Waals surface area contributed by atoms with Gasteiger partial charge >= 0.3 is 0 Å². The molecular weight excluding hydrogens is 314 g/mol. The van der Waals surface area contributed by atoms with E-state index >= 15 is 0 Å². The average Bonchev–Trinajstić information content (AvgIpc) is 2.50. The first kappa shape index (κ1) is 16.0. The van der Waals surface area contributed by atoms with Crippen LogP contribution in [0.5, 0.6) is 0 Å². The summed E-state index contributed by atoms with van der Waals surface area (Å²) in [4.78, 5) is 0. The standard InChI is InChI=1S/C17H26BrNO/c1-2-12-19-17(14-6-8-15(18)9-7-14)11-10-16-5-3-4-13-20-16/h6-9,16-17,19H,2-5,10-13H2,1H3. The molecule has 0 radical (unpaired) electrons. The monoisotopic (exact) mass is 339 g/mol. The Bertz CT molecular complexity index is 373. The van der Waals surface area contributed by atoms with E-state index in [0.717, 1.165) is 30.5 Å². The molecule has 0 saturated carbocycles. The average molecular weight is 340 g/mol. The minimum absolute atomic E-state index is 0.452. The van der Waals surface area contributed by atoms with E-state index in [-0.39, 0.29) is 0 Å². The van der Waals surface area contributed by atoms with E-state index in [2.05, 4.69) is 52.4 Å². The van der Waals surface area contributed by atoms with Crippen LogP contribution in [0.3, 0.4) is 0 Å². The van der Waals surface area contributed by atoms with E-state index in [1.54, 1.807) is 0 Å². The van der Waals surface area contributed by atoms with Gasteiger partial charge in [-0.2, -0.15) is 0 Å². The van der Waals surface area contributed by atoms with E-state index < -0.39 is 0 Å². The van der Waals surface area contributed by atoms with Gasteiger partial charge in [0.2, 0.25) is 0 Å². The highest BCUT2D eigenvalue weighted by atomic mass is 79.9. The van der Waals surface area contributed by atoms with Gasteiger partial charge in [-0.25, -0.2) is 0 Å². The number of hydrogen-bond donors (Lipinski definition) is 1. The lowest BCUT2D eigenvalue weighted by molar-refractivity contribution is 0.00854. The minimum Gasteiger partial charge on any atom is -0.378 e. The second-order valence-corrected chi connectivity index (χ2v) is 6.54. The van der Waals surface area contributed by atoms with Crippen molar-refractivity contribution in [3.05, 3.63) is 34.3 Å². The van der Waals surface area contributed by atoms with Crippen molar-refractivity contribution in [2.45, 2.75) is 57.6 Å². The van der Waals surface area contributed by atoms with Crippen molar-refractivity contribution in [3.8, 4) is 0 Å². The van der Waals surface area contributed by atoms with Crippen LogP contribution in [0.4, 0.5) is 0 Å². The van der Waals surface area contributed by atoms with Crippen molar-refractivity contribution < 1.29 is 4.74 Å². The van der Waals surface area contributed by atoms with Gasteiger partial charge in [0.1, 0.15) is 0 Å². The zero-order valence-electron chi connectivity index (χ0n) is 12.4. The molecule has 3 heteroatoms. The van der Waals surface area contributed by atoms with Crippen LogP contribution >= 0.6 is 15.9 Å². The van der Waals surface area contributed by atoms with Crippen LogP contribution in [-0.2, 0) is 4.74 Å². The molecule has 2 atom stereocenters. The number of rotatable bonds is 7. The normalized spacial score (nSPS) is 20.8. The van der Waals surface area contributed by atoms with Gasteiger partial charge in [0.25, 0.3) is 0 Å². The maximum absolute atomic E-state index is 5.85. The van der Waals surface area contributed by atoms with Crippen molar-refractivity contribution in [1.29, 1.82) is 0 Å². The predicted octanol–water partition coefficient (Wildman–Crippen LogP) is 4.84. The number of nitrogens with one attached hydrogen (secondary N) is 1. The zero-order chi connectivity index (χ0) is 14.2. The Morgan fingerprint density at radius 3 is 2.75 bits per heavy atom. The van der Waals surface area contributed by atoms with Crippen LogP contribution in [0.1, 0.15) is 57.1 Å². The molecule has 2 nitrogen and oxygen atoms in total. The summed E-state index contributed by atoms with van der Waals surface area (Å²) in [6, 6.07) is 9.16. The number of halogens is 1. The first-order valence-electron chi connectivity index (χ1n) is 7.90. The third-order valence-electron chi connectivity index (χ3n) is 3.96. The lowest BCUT2D eigenvalue weighted by atomic mass is 9.97. The SMILES string of the molecule is CCCNC(CCC1CCCCO1)c1ccc(Br)cc1. The van der Waals surface area contributed by atoms with Gasteiger partial charge in [-0.1, -0.05) is 35.0 Å². The van der Waals surface area contributed by atoms with Crippen LogP contribution in [0.15, 0.2) is 28.7 Å². The van der Waals surface area contributed by atoms with Crippen molar-refractivity contribution in [2.75, 3.05) is 13.2 Å². The smallest absolute Gasteiger partial charge is 0.0575 e. The van der Waals surface area contributed by atoms with Gasteiger partial charge < -0.3 is 10.1 Å². The fraction of sp³-hybridized carbons (Fsp3) is 0.647. The van der Waals surface area contributed by atoms with Gasteiger partial charge in [0.15, 0.2) is 0 Å². The fourth-order valence-electron chi connectivity index (χ4n) is 2.79. The molecule has 1 saturated heterocycles. The zero-order valence-corrected chi connectivity index (χ0v) is 14.0. The molecule has 0 spiro atoms. The van der Waals surface area contributed by atoms with Crippen molar-refractivity contribution in [1.82, 2.24) is 5.32 Å². The summed E-state index contributed by atoms with van der Waals surface area (Å²) in [7, 11) is 0. The van der Waals surface area contributed by atoms with E-state index in [1.807, 2.05) is 0 Å². The molecule has 0 amide bonds. The molecule has 2 rings (SSSR count). The Morgan fingerprint density at radius 1 is 1.30 bits per heavy atom. The molecule has 1 aliphatic rings. The van der Waals surface area contributed by atoms with Gasteiger partial charge in [0.05, 0.1) is 6.10 Å². The minimum atomic E-state index is 0.452. The summed E-state index contributed by atoms with van der Waals surface area (Å²) in [5.74, 6) is 0. The van der Waals surface area contributed by atoms with E-state index in [4.69, 9.17) is 4.74 Å². The third-order valence-corrected chi connectivity index (χ3v) is 4.49. The Kier molecular flexibility index (Phi) is 7.05. The molecule has 0 aliphatic carbocycles. The van der Waals surface area contributed by atoms with Crippen LogP contribution in [0.25, 0.3) is 0 Å². The third kappa shape index (κ3) is 5.19. The first-order chi connectivity index (χ1) is 9.79. The lowest BCUT2D eigenvalue weighted by Crippen LogP contribution is -2.25. The molecule has 2 unspecified atom stereocenters. The summed E-state index contributed by atoms with van der Waals surface area (Å²) < 4.78 is 7.00. The second-order valence-electron chi connectivity index (χ2n) is 5.62. The van der Waals surface area contributed by atoms with Gasteiger partial charge in [-0.3, -0.25) is 0 Å². The highest BCUT2D eigenvalue weighted by Gasteiger charge is 2.17. The largest absolute Gasteiger partial charge is 0.378 e. The van der Waals surface area contributed by atoms with Crippen LogP contribution in [-0.4, -0.2) is 19.3 Å². The molecule has 1 aliphatic heterocycles. The first-order valence-corrected chi connectivity index (χ1v) is 8.69. The van der Waals surface area contributed by atoms with Gasteiger partial charge in [0, 0.05) is 17.1 Å². The molecular formula is C17H26BrNO. The molecule has 1 heterocycles. The molecule has 0 aromatic heterocycles. The predicted molar refractivity (Wildman–Crippen MR) is 88.0 cm³/mol. The van der Waals surface area contributed by atoms with E-state index in [0.29, 0.717) is 12.1 Å². The van der Waals surface area contributed by atoms with E-state index in [9.17, 15) is 0 Å². The molecule has 1 fully saturated rings. The highest BCUT2D eigenvalue weighted by molar-refractivity contribution is 9.10. The molecule has 1 aromatic rings. The number of ether oxygens (including phenoxy) is 1. The molecule has 112 valence electrons. The Balaban J connectivity index is 1.90. The maximum Gasteiger partial charge on any atom is 0.0575 e. The quantitative estimate of drug-likeness (QED) is 0.767. The summed E-state index contributed by atoms with van der Waals surface area (Å²) >= 11 is 3.51. The van der Waals surface area contributed by atoms with Crippen LogP contribution in [0, 0.1) is 0 Å². The Hall–Kier alpha value is -0.380. The lowest BCUT2D eigenvalue weighted by Gasteiger charge is -2.25. The Morgan fingerprint density at radius 2 is 2.10 bits per heavy atom. The second kappa shape index (κ2) is 8.81. The summed E-state index contributed by atoms with van der Waals surface area (Å²) in [6.45, 7) is 4.25.